The standard InChI is InChI=1S/C19H17IN2O5/c1-3-26-16(23)10-27-17-13(20)8-11(9-15(17)25-2)18-21-14-7-5-4-6-12(14)19(24)22-18/h4-9H,3,10H2,1-2H3,(H,21,22,24). The van der Waals surface area contributed by atoms with Gasteiger partial charge in [0.05, 0.1) is 28.2 Å². The quantitative estimate of drug-likeness (QED) is 0.431. The van der Waals surface area contributed by atoms with E-state index in [1.54, 1.807) is 37.3 Å². The van der Waals surface area contributed by atoms with Gasteiger partial charge < -0.3 is 19.2 Å². The van der Waals surface area contributed by atoms with Crippen molar-refractivity contribution in [2.45, 2.75) is 6.92 Å². The molecule has 27 heavy (non-hydrogen) atoms. The van der Waals surface area contributed by atoms with Gasteiger partial charge in [-0.3, -0.25) is 4.79 Å². The summed E-state index contributed by atoms with van der Waals surface area (Å²) >= 11 is 2.08. The molecule has 0 radical (unpaired) electrons. The number of hydrogen-bond donors (Lipinski definition) is 1. The summed E-state index contributed by atoms with van der Waals surface area (Å²) in [5, 5.41) is 0.525. The SMILES string of the molecule is CCOC(=O)COc1c(I)cc(-c2nc3ccccc3c(=O)[nH]2)cc1OC. The molecule has 8 heteroatoms. The first-order chi connectivity index (χ1) is 13.0. The molecule has 140 valence electrons. The van der Waals surface area contributed by atoms with Crippen LogP contribution in [-0.4, -0.2) is 36.3 Å². The predicted octanol–water partition coefficient (Wildman–Crippen LogP) is 3.15. The van der Waals surface area contributed by atoms with E-state index in [0.717, 1.165) is 0 Å². The van der Waals surface area contributed by atoms with E-state index in [1.807, 2.05) is 6.07 Å². The second-order valence-corrected chi connectivity index (χ2v) is 6.68. The summed E-state index contributed by atoms with van der Waals surface area (Å²) < 4.78 is 16.5. The van der Waals surface area contributed by atoms with Gasteiger partial charge in [0.1, 0.15) is 5.82 Å². The highest BCUT2D eigenvalue weighted by atomic mass is 127. The summed E-state index contributed by atoms with van der Waals surface area (Å²) in [7, 11) is 1.50. The largest absolute Gasteiger partial charge is 0.493 e. The van der Waals surface area contributed by atoms with Gasteiger partial charge in [0, 0.05) is 5.56 Å². The van der Waals surface area contributed by atoms with Crippen LogP contribution in [0.1, 0.15) is 6.92 Å². The first-order valence-electron chi connectivity index (χ1n) is 8.19. The van der Waals surface area contributed by atoms with Crippen LogP contribution < -0.4 is 15.0 Å². The van der Waals surface area contributed by atoms with Gasteiger partial charge in [-0.1, -0.05) is 12.1 Å². The van der Waals surface area contributed by atoms with E-state index in [1.165, 1.54) is 7.11 Å². The molecule has 1 aromatic heterocycles. The number of nitrogens with one attached hydrogen (secondary N) is 1. The number of carbonyl (C=O) groups is 1. The Morgan fingerprint density at radius 3 is 2.78 bits per heavy atom. The number of aromatic amines is 1. The van der Waals surface area contributed by atoms with Crippen LogP contribution in [0.4, 0.5) is 0 Å². The summed E-state index contributed by atoms with van der Waals surface area (Å²) in [6.45, 7) is 1.80. The summed E-state index contributed by atoms with van der Waals surface area (Å²) in [6.07, 6.45) is 0. The molecule has 3 aromatic rings. The van der Waals surface area contributed by atoms with Gasteiger partial charge in [-0.25, -0.2) is 9.78 Å². The van der Waals surface area contributed by atoms with E-state index >= 15 is 0 Å². The van der Waals surface area contributed by atoms with Gasteiger partial charge in [0.15, 0.2) is 18.1 Å². The number of H-pyrrole nitrogens is 1. The van der Waals surface area contributed by atoms with Gasteiger partial charge in [-0.2, -0.15) is 0 Å². The first kappa shape index (κ1) is 19.2. The van der Waals surface area contributed by atoms with E-state index < -0.39 is 5.97 Å². The maximum Gasteiger partial charge on any atom is 0.344 e. The average Bonchev–Trinajstić information content (AvgIpc) is 2.66. The highest BCUT2D eigenvalue weighted by Gasteiger charge is 2.16. The molecule has 0 amide bonds. The maximum atomic E-state index is 12.3. The Bertz CT molecular complexity index is 1050. The van der Waals surface area contributed by atoms with Crippen LogP contribution in [0.15, 0.2) is 41.2 Å². The zero-order chi connectivity index (χ0) is 19.4. The van der Waals surface area contributed by atoms with Crippen LogP contribution >= 0.6 is 22.6 Å². The molecule has 1 N–H and O–H groups in total. The zero-order valence-electron chi connectivity index (χ0n) is 14.7. The lowest BCUT2D eigenvalue weighted by atomic mass is 10.1. The fraction of sp³-hybridized carbons (Fsp3) is 0.211. The van der Waals surface area contributed by atoms with Crippen molar-refractivity contribution in [1.29, 1.82) is 0 Å². The molecule has 0 unspecified atom stereocenters. The third kappa shape index (κ3) is 4.21. The molecule has 0 aliphatic carbocycles. The molecule has 0 aliphatic rings. The van der Waals surface area contributed by atoms with Gasteiger partial charge in [0.25, 0.3) is 5.56 Å². The molecule has 0 saturated carbocycles. The van der Waals surface area contributed by atoms with Gasteiger partial charge in [-0.05, 0) is 53.8 Å². The Kier molecular flexibility index (Phi) is 5.94. The number of fused-ring (bicyclic) bond motifs is 1. The van der Waals surface area contributed by atoms with E-state index in [4.69, 9.17) is 14.2 Å². The third-order valence-corrected chi connectivity index (χ3v) is 4.56. The van der Waals surface area contributed by atoms with Crippen molar-refractivity contribution in [1.82, 2.24) is 9.97 Å². The third-order valence-electron chi connectivity index (χ3n) is 3.76. The number of ether oxygens (including phenoxy) is 3. The van der Waals surface area contributed by atoms with E-state index in [9.17, 15) is 9.59 Å². The van der Waals surface area contributed by atoms with Crippen LogP contribution in [0.5, 0.6) is 11.5 Å². The lowest BCUT2D eigenvalue weighted by Gasteiger charge is -2.14. The Morgan fingerprint density at radius 2 is 2.04 bits per heavy atom. The maximum absolute atomic E-state index is 12.3. The molecular weight excluding hydrogens is 463 g/mol. The minimum Gasteiger partial charge on any atom is -0.493 e. The van der Waals surface area contributed by atoms with Crippen LogP contribution in [0.3, 0.4) is 0 Å². The molecule has 0 bridgehead atoms. The number of para-hydroxylation sites is 1. The normalized spacial score (nSPS) is 10.6. The zero-order valence-corrected chi connectivity index (χ0v) is 16.9. The number of carbonyl (C=O) groups excluding carboxylic acids is 1. The number of methoxy groups -OCH3 is 1. The van der Waals surface area contributed by atoms with Crippen molar-refractivity contribution in [3.63, 3.8) is 0 Å². The monoisotopic (exact) mass is 480 g/mol. The van der Waals surface area contributed by atoms with E-state index in [2.05, 4.69) is 32.6 Å². The van der Waals surface area contributed by atoms with Crippen molar-refractivity contribution in [2.24, 2.45) is 0 Å². The van der Waals surface area contributed by atoms with Crippen LogP contribution in [-0.2, 0) is 9.53 Å². The first-order valence-corrected chi connectivity index (χ1v) is 9.26. The number of nitrogens with zero attached hydrogens (tertiary/aromatic N) is 1. The number of aromatic nitrogens is 2. The molecule has 3 rings (SSSR count). The average molecular weight is 480 g/mol. The topological polar surface area (TPSA) is 90.5 Å². The Balaban J connectivity index is 1.99. The Hall–Kier alpha value is -2.62. The van der Waals surface area contributed by atoms with Crippen LogP contribution in [0.25, 0.3) is 22.3 Å². The highest BCUT2D eigenvalue weighted by molar-refractivity contribution is 14.1. The van der Waals surface area contributed by atoms with Crippen molar-refractivity contribution >= 4 is 39.5 Å². The fourth-order valence-corrected chi connectivity index (χ4v) is 3.31. The van der Waals surface area contributed by atoms with Gasteiger partial charge in [0.2, 0.25) is 0 Å². The molecule has 0 atom stereocenters. The molecule has 0 saturated heterocycles. The second kappa shape index (κ2) is 8.38. The molecule has 0 aliphatic heterocycles. The van der Waals surface area contributed by atoms with E-state index in [0.29, 0.717) is 37.4 Å². The van der Waals surface area contributed by atoms with E-state index in [-0.39, 0.29) is 18.8 Å². The van der Waals surface area contributed by atoms with Crippen LogP contribution in [0.2, 0.25) is 0 Å². The van der Waals surface area contributed by atoms with Gasteiger partial charge in [-0.15, -0.1) is 0 Å². The summed E-state index contributed by atoms with van der Waals surface area (Å²) in [5.41, 5.74) is 1.06. The lowest BCUT2D eigenvalue weighted by molar-refractivity contribution is -0.145. The number of benzene rings is 2. The van der Waals surface area contributed by atoms with Crippen LogP contribution in [0, 0.1) is 3.57 Å². The smallest absolute Gasteiger partial charge is 0.344 e. The van der Waals surface area contributed by atoms with Crippen molar-refractivity contribution < 1.29 is 19.0 Å². The molecule has 1 heterocycles. The highest BCUT2D eigenvalue weighted by Crippen LogP contribution is 2.36. The fourth-order valence-electron chi connectivity index (χ4n) is 2.55. The summed E-state index contributed by atoms with van der Waals surface area (Å²) in [4.78, 5) is 31.2. The minimum absolute atomic E-state index is 0.216. The minimum atomic E-state index is -0.458. The number of rotatable bonds is 6. The Morgan fingerprint density at radius 1 is 1.26 bits per heavy atom. The molecule has 0 fully saturated rings. The molecule has 2 aromatic carbocycles. The van der Waals surface area contributed by atoms with Crippen molar-refractivity contribution in [2.75, 3.05) is 20.3 Å². The second-order valence-electron chi connectivity index (χ2n) is 5.51. The number of hydrogen-bond acceptors (Lipinski definition) is 6. The lowest BCUT2D eigenvalue weighted by Crippen LogP contribution is -2.15. The van der Waals surface area contributed by atoms with Crippen molar-refractivity contribution in [3.8, 4) is 22.9 Å². The Labute approximate surface area is 168 Å². The number of esters is 1. The molecular formula is C19H17IN2O5. The number of halogens is 1. The van der Waals surface area contributed by atoms with Gasteiger partial charge >= 0.3 is 5.97 Å². The summed E-state index contributed by atoms with van der Waals surface area (Å²) in [5.74, 6) is 0.821. The molecule has 0 spiro atoms. The summed E-state index contributed by atoms with van der Waals surface area (Å²) in [6, 6.07) is 10.6. The molecule has 7 nitrogen and oxygen atoms in total. The predicted molar refractivity (Wildman–Crippen MR) is 109 cm³/mol. The van der Waals surface area contributed by atoms with Crippen molar-refractivity contribution in [3.05, 3.63) is 50.3 Å².